The van der Waals surface area contributed by atoms with Crippen LogP contribution in [0.4, 0.5) is 39.5 Å². The van der Waals surface area contributed by atoms with Crippen molar-refractivity contribution in [3.8, 4) is 39.5 Å². The number of hydrogen-bond donors (Lipinski definition) is 1. The number of rotatable bonds is 7. The lowest BCUT2D eigenvalue weighted by atomic mass is 9.70. The Bertz CT molecular complexity index is 1680. The fourth-order valence-corrected chi connectivity index (χ4v) is 6.11. The Kier molecular flexibility index (Phi) is 7.70. The van der Waals surface area contributed by atoms with Crippen molar-refractivity contribution in [1.29, 1.82) is 0 Å². The maximum atomic E-state index is 13.7. The second-order valence-electron chi connectivity index (χ2n) is 10.7. The third kappa shape index (κ3) is 5.73. The number of phenolic OH excluding ortho intramolecular Hbond substituents is 1. The second-order valence-corrected chi connectivity index (χ2v) is 10.7. The number of phenols is 1. The number of methoxy groups -OCH3 is 2. The number of halogens is 9. The lowest BCUT2D eigenvalue weighted by Gasteiger charge is -2.34. The van der Waals surface area contributed by atoms with Crippen LogP contribution in [0.25, 0.3) is 33.0 Å². The predicted octanol–water partition coefficient (Wildman–Crippen LogP) is 10.2. The number of ether oxygens (including phenoxy) is 2. The minimum absolute atomic E-state index is 0.0859. The molecule has 0 radical (unpaired) electrons. The molecule has 0 fully saturated rings. The minimum Gasteiger partial charge on any atom is -0.507 e. The molecular formula is C32H25F9O3. The molecule has 0 bridgehead atoms. The highest BCUT2D eigenvalue weighted by Crippen LogP contribution is 2.59. The second kappa shape index (κ2) is 10.8. The van der Waals surface area contributed by atoms with Crippen molar-refractivity contribution in [2.24, 2.45) is 0 Å². The van der Waals surface area contributed by atoms with E-state index in [4.69, 9.17) is 9.47 Å². The Hall–Kier alpha value is -4.09. The van der Waals surface area contributed by atoms with E-state index in [-0.39, 0.29) is 39.3 Å². The maximum Gasteiger partial charge on any atom is 0.416 e. The molecule has 0 saturated heterocycles. The lowest BCUT2D eigenvalue weighted by Crippen LogP contribution is -2.30. The molecule has 0 heterocycles. The Morgan fingerprint density at radius 1 is 0.636 bits per heavy atom. The first-order chi connectivity index (χ1) is 20.5. The molecule has 0 aliphatic heterocycles. The predicted molar refractivity (Wildman–Crippen MR) is 146 cm³/mol. The largest absolute Gasteiger partial charge is 0.507 e. The summed E-state index contributed by atoms with van der Waals surface area (Å²) in [7, 11) is 2.72. The topological polar surface area (TPSA) is 38.7 Å². The van der Waals surface area contributed by atoms with E-state index in [2.05, 4.69) is 0 Å². The molecule has 44 heavy (non-hydrogen) atoms. The van der Waals surface area contributed by atoms with Crippen molar-refractivity contribution < 1.29 is 54.1 Å². The van der Waals surface area contributed by atoms with Gasteiger partial charge in [0.05, 0.1) is 19.8 Å². The Labute approximate surface area is 245 Å². The molecule has 0 saturated carbocycles. The summed E-state index contributed by atoms with van der Waals surface area (Å²) < 4.78 is 132. The van der Waals surface area contributed by atoms with Gasteiger partial charge < -0.3 is 14.6 Å². The first kappa shape index (κ1) is 31.3. The molecule has 1 N–H and O–H groups in total. The van der Waals surface area contributed by atoms with Crippen molar-refractivity contribution in [3.63, 3.8) is 0 Å². The van der Waals surface area contributed by atoms with Gasteiger partial charge in [0.25, 0.3) is 0 Å². The standard InChI is InChI=1S/C32H25F9O3/c1-43-26-14-21-22(15-27(26)44-2)28-20-8-5-18(17-3-6-19(7-4-17)32(39,40)41)13-23(20)29(9-11-30(33,34)35,10-12-31(36,37)38)24(28)16-25(21)42/h3-8,13-16,42H,9-12H2,1-2H3. The van der Waals surface area contributed by atoms with E-state index < -0.39 is 55.2 Å². The fraction of sp³-hybridized carbons (Fsp3) is 0.312. The molecule has 4 aromatic rings. The quantitative estimate of drug-likeness (QED) is 0.207. The van der Waals surface area contributed by atoms with E-state index in [0.717, 1.165) is 12.1 Å². The smallest absolute Gasteiger partial charge is 0.416 e. The van der Waals surface area contributed by atoms with Crippen LogP contribution in [0.3, 0.4) is 0 Å². The zero-order valence-electron chi connectivity index (χ0n) is 23.3. The molecule has 0 aromatic heterocycles. The van der Waals surface area contributed by atoms with E-state index in [1.807, 2.05) is 0 Å². The molecule has 1 aliphatic carbocycles. The zero-order chi connectivity index (χ0) is 32.2. The Balaban J connectivity index is 1.82. The van der Waals surface area contributed by atoms with Crippen molar-refractivity contribution in [2.45, 2.75) is 49.6 Å². The van der Waals surface area contributed by atoms with Gasteiger partial charge in [0, 0.05) is 23.6 Å². The van der Waals surface area contributed by atoms with Crippen LogP contribution in [0, 0.1) is 0 Å². The normalized spacial score (nSPS) is 14.4. The van der Waals surface area contributed by atoms with Crippen LogP contribution < -0.4 is 9.47 Å². The molecule has 0 unspecified atom stereocenters. The minimum atomic E-state index is -4.71. The van der Waals surface area contributed by atoms with Crippen molar-refractivity contribution in [2.75, 3.05) is 14.2 Å². The number of alkyl halides is 9. The molecule has 4 aromatic carbocycles. The molecule has 0 spiro atoms. The van der Waals surface area contributed by atoms with E-state index in [1.165, 1.54) is 56.7 Å². The molecule has 0 atom stereocenters. The van der Waals surface area contributed by atoms with Gasteiger partial charge in [0.15, 0.2) is 11.5 Å². The Morgan fingerprint density at radius 2 is 1.16 bits per heavy atom. The van der Waals surface area contributed by atoms with Gasteiger partial charge in [-0.15, -0.1) is 0 Å². The van der Waals surface area contributed by atoms with Crippen LogP contribution in [0.1, 0.15) is 42.4 Å². The first-order valence-corrected chi connectivity index (χ1v) is 13.4. The maximum absolute atomic E-state index is 13.7. The van der Waals surface area contributed by atoms with Gasteiger partial charge in [-0.05, 0) is 88.0 Å². The van der Waals surface area contributed by atoms with Crippen molar-refractivity contribution in [1.82, 2.24) is 0 Å². The Morgan fingerprint density at radius 3 is 1.66 bits per heavy atom. The van der Waals surface area contributed by atoms with Crippen LogP contribution in [-0.2, 0) is 11.6 Å². The van der Waals surface area contributed by atoms with Crippen LogP contribution >= 0.6 is 0 Å². The molecule has 0 amide bonds. The average molecular weight is 629 g/mol. The van der Waals surface area contributed by atoms with Gasteiger partial charge in [-0.2, -0.15) is 39.5 Å². The van der Waals surface area contributed by atoms with Gasteiger partial charge in [0.2, 0.25) is 0 Å². The van der Waals surface area contributed by atoms with Crippen molar-refractivity contribution in [3.05, 3.63) is 77.4 Å². The SMILES string of the molecule is COc1cc2c(O)cc3c(c2cc1OC)-c1ccc(-c2ccc(C(F)(F)F)cc2)cc1C3(CCC(F)(F)F)CCC(F)(F)F. The molecule has 1 aliphatic rings. The van der Waals surface area contributed by atoms with Crippen LogP contribution in [0.2, 0.25) is 0 Å². The highest BCUT2D eigenvalue weighted by molar-refractivity contribution is 6.06. The molecule has 234 valence electrons. The average Bonchev–Trinajstić information content (AvgIpc) is 3.22. The van der Waals surface area contributed by atoms with E-state index in [9.17, 15) is 44.6 Å². The number of benzene rings is 4. The van der Waals surface area contributed by atoms with E-state index in [0.29, 0.717) is 22.1 Å². The van der Waals surface area contributed by atoms with Crippen LogP contribution in [0.15, 0.2) is 60.7 Å². The summed E-state index contributed by atoms with van der Waals surface area (Å²) in [5, 5.41) is 11.6. The van der Waals surface area contributed by atoms with E-state index in [1.54, 1.807) is 6.07 Å². The molecular weight excluding hydrogens is 603 g/mol. The summed E-state index contributed by atoms with van der Waals surface area (Å²) in [6.07, 6.45) is -18.4. The van der Waals surface area contributed by atoms with Crippen molar-refractivity contribution >= 4 is 10.8 Å². The number of hydrogen-bond acceptors (Lipinski definition) is 3. The zero-order valence-corrected chi connectivity index (χ0v) is 23.3. The van der Waals surface area contributed by atoms with Crippen LogP contribution in [-0.4, -0.2) is 31.7 Å². The fourth-order valence-electron chi connectivity index (χ4n) is 6.11. The van der Waals surface area contributed by atoms with Crippen LogP contribution in [0.5, 0.6) is 17.2 Å². The third-order valence-electron chi connectivity index (χ3n) is 8.16. The molecule has 5 rings (SSSR count). The first-order valence-electron chi connectivity index (χ1n) is 13.4. The summed E-state index contributed by atoms with van der Waals surface area (Å²) in [5.41, 5.74) is -1.25. The van der Waals surface area contributed by atoms with Gasteiger partial charge in [0.1, 0.15) is 5.75 Å². The highest BCUT2D eigenvalue weighted by Gasteiger charge is 2.48. The van der Waals surface area contributed by atoms with Gasteiger partial charge in [-0.25, -0.2) is 0 Å². The van der Waals surface area contributed by atoms with E-state index >= 15 is 0 Å². The number of fused-ring (bicyclic) bond motifs is 5. The summed E-state index contributed by atoms with van der Waals surface area (Å²) in [6.45, 7) is 0. The van der Waals surface area contributed by atoms with Gasteiger partial charge in [-0.1, -0.05) is 24.3 Å². The summed E-state index contributed by atoms with van der Waals surface area (Å²) in [4.78, 5) is 0. The lowest BCUT2D eigenvalue weighted by molar-refractivity contribution is -0.144. The highest BCUT2D eigenvalue weighted by atomic mass is 19.4. The van der Waals surface area contributed by atoms with Gasteiger partial charge >= 0.3 is 18.5 Å². The third-order valence-corrected chi connectivity index (χ3v) is 8.16. The monoisotopic (exact) mass is 628 g/mol. The summed E-state index contributed by atoms with van der Waals surface area (Å²) >= 11 is 0. The van der Waals surface area contributed by atoms with Gasteiger partial charge in [-0.3, -0.25) is 0 Å². The molecule has 12 heteroatoms. The summed E-state index contributed by atoms with van der Waals surface area (Å²) in [5.74, 6) is 0.0872. The molecule has 3 nitrogen and oxygen atoms in total. The number of aromatic hydroxyl groups is 1. The summed E-state index contributed by atoms with van der Waals surface area (Å²) in [6, 6.07) is 12.8.